The van der Waals surface area contributed by atoms with Crippen molar-refractivity contribution < 1.29 is 19.8 Å². The van der Waals surface area contributed by atoms with Crippen molar-refractivity contribution in [2.45, 2.75) is 70.6 Å². The molecule has 4 rings (SSSR count). The maximum absolute atomic E-state index is 13.6. The molecule has 1 amide bonds. The van der Waals surface area contributed by atoms with Crippen molar-refractivity contribution in [3.63, 3.8) is 0 Å². The number of halogens is 2. The zero-order chi connectivity index (χ0) is 24.9. The van der Waals surface area contributed by atoms with E-state index in [2.05, 4.69) is 0 Å². The molecule has 1 aliphatic heterocycles. The van der Waals surface area contributed by atoms with Gasteiger partial charge in [-0.2, -0.15) is 0 Å². The molecule has 5 nitrogen and oxygen atoms in total. The van der Waals surface area contributed by atoms with E-state index in [-0.39, 0.29) is 30.3 Å². The average Bonchev–Trinajstić information content (AvgIpc) is 3.63. The van der Waals surface area contributed by atoms with E-state index >= 15 is 0 Å². The number of nitrogens with zero attached hydrogens (tertiary/aromatic N) is 1. The summed E-state index contributed by atoms with van der Waals surface area (Å²) in [7, 11) is 0. The Morgan fingerprint density at radius 1 is 1.06 bits per heavy atom. The van der Waals surface area contributed by atoms with Gasteiger partial charge in [0, 0.05) is 10.0 Å². The molecule has 0 spiro atoms. The highest BCUT2D eigenvalue weighted by Crippen LogP contribution is 2.48. The van der Waals surface area contributed by atoms with Gasteiger partial charge in [0.25, 0.3) is 0 Å². The van der Waals surface area contributed by atoms with Gasteiger partial charge in [-0.1, -0.05) is 67.4 Å². The number of piperidine rings is 1. The summed E-state index contributed by atoms with van der Waals surface area (Å²) in [6.07, 6.45) is 2.95. The minimum Gasteiger partial charge on any atom is -0.481 e. The van der Waals surface area contributed by atoms with Crippen LogP contribution in [0.1, 0.15) is 64.0 Å². The van der Waals surface area contributed by atoms with Gasteiger partial charge >= 0.3 is 5.97 Å². The number of benzene rings is 2. The molecule has 2 fully saturated rings. The van der Waals surface area contributed by atoms with Crippen LogP contribution in [-0.2, 0) is 9.59 Å². The Bertz CT molecular complexity index is 964. The number of likely N-dealkylation sites (tertiary alicyclic amines) is 1. The molecule has 4 atom stereocenters. The van der Waals surface area contributed by atoms with Crippen molar-refractivity contribution in [2.75, 3.05) is 0 Å². The van der Waals surface area contributed by atoms with E-state index in [1.807, 2.05) is 66.4 Å². The Hall–Kier alpha value is -2.08. The monoisotopic (exact) mass is 505 g/mol. The molecule has 34 heavy (non-hydrogen) atoms. The molecule has 1 aliphatic carbocycles. The second-order valence-corrected chi connectivity index (χ2v) is 10.4. The molecule has 0 aromatic heterocycles. The van der Waals surface area contributed by atoms with Crippen molar-refractivity contribution in [3.8, 4) is 0 Å². The van der Waals surface area contributed by atoms with E-state index in [4.69, 9.17) is 23.2 Å². The molecule has 2 unspecified atom stereocenters. The number of carboxylic acids is 1. The summed E-state index contributed by atoms with van der Waals surface area (Å²) in [4.78, 5) is 26.8. The third kappa shape index (κ3) is 6.53. The first kappa shape index (κ1) is 26.5. The molecule has 2 aromatic carbocycles. The van der Waals surface area contributed by atoms with Gasteiger partial charge < -0.3 is 15.1 Å². The van der Waals surface area contributed by atoms with Gasteiger partial charge in [-0.15, -0.1) is 0 Å². The quantitative estimate of drug-likeness (QED) is 0.457. The smallest absolute Gasteiger partial charge is 0.304 e. The van der Waals surface area contributed by atoms with Gasteiger partial charge in [0.2, 0.25) is 5.91 Å². The highest BCUT2D eigenvalue weighted by molar-refractivity contribution is 6.30. The van der Waals surface area contributed by atoms with E-state index in [1.165, 1.54) is 0 Å². The first-order valence-electron chi connectivity index (χ1n) is 11.8. The van der Waals surface area contributed by atoms with Crippen LogP contribution >= 0.6 is 23.2 Å². The molecule has 0 radical (unpaired) electrons. The van der Waals surface area contributed by atoms with Crippen LogP contribution < -0.4 is 0 Å². The molecule has 2 aliphatic rings. The molecule has 1 heterocycles. The third-order valence-corrected chi connectivity index (χ3v) is 7.33. The van der Waals surface area contributed by atoms with Crippen LogP contribution in [0.4, 0.5) is 0 Å². The van der Waals surface area contributed by atoms with Crippen molar-refractivity contribution in [1.29, 1.82) is 0 Å². The fourth-order valence-corrected chi connectivity index (χ4v) is 5.10. The number of rotatable bonds is 7. The zero-order valence-electron chi connectivity index (χ0n) is 19.7. The fraction of sp³-hybridized carbons (Fsp3) is 0.481. The van der Waals surface area contributed by atoms with Crippen LogP contribution in [0.2, 0.25) is 10.0 Å². The number of amides is 1. The molecule has 184 valence electrons. The summed E-state index contributed by atoms with van der Waals surface area (Å²) in [5, 5.41) is 21.5. The first-order valence-corrected chi connectivity index (χ1v) is 12.6. The number of hydrogen-bond acceptors (Lipinski definition) is 3. The van der Waals surface area contributed by atoms with Gasteiger partial charge in [-0.05, 0) is 67.9 Å². The average molecular weight is 506 g/mol. The van der Waals surface area contributed by atoms with E-state index in [0.29, 0.717) is 24.3 Å². The normalized spacial score (nSPS) is 24.1. The largest absolute Gasteiger partial charge is 0.481 e. The van der Waals surface area contributed by atoms with Gasteiger partial charge in [-0.3, -0.25) is 9.59 Å². The van der Waals surface area contributed by atoms with Crippen molar-refractivity contribution in [2.24, 2.45) is 11.3 Å². The summed E-state index contributed by atoms with van der Waals surface area (Å²) < 4.78 is 0. The maximum atomic E-state index is 13.6. The summed E-state index contributed by atoms with van der Waals surface area (Å²) in [5.41, 5.74) is 0.0501. The summed E-state index contributed by atoms with van der Waals surface area (Å²) >= 11 is 11.6. The third-order valence-electron chi connectivity index (χ3n) is 6.82. The molecular weight excluding hydrogens is 473 g/mol. The van der Waals surface area contributed by atoms with Crippen LogP contribution in [0, 0.1) is 11.3 Å². The van der Waals surface area contributed by atoms with E-state index in [1.54, 1.807) is 6.92 Å². The van der Waals surface area contributed by atoms with Gasteiger partial charge in [-0.25, -0.2) is 0 Å². The predicted molar refractivity (Wildman–Crippen MR) is 135 cm³/mol. The minimum atomic E-state index is -0.963. The fourth-order valence-electron chi connectivity index (χ4n) is 4.83. The predicted octanol–water partition coefficient (Wildman–Crippen LogP) is 6.37. The lowest BCUT2D eigenvalue weighted by Crippen LogP contribution is -2.57. The SMILES string of the molecule is CCC(O)C(C1CC1)N1C(=O)[C@@](C)(CC(=O)O)CC[C@H]1c1ccc(Cl)cc1.Clc1ccccc1. The van der Waals surface area contributed by atoms with E-state index in [9.17, 15) is 19.8 Å². The molecular formula is C27H33Cl2NO4. The number of aliphatic hydroxyl groups is 1. The molecule has 2 N–H and O–H groups in total. The molecule has 2 aromatic rings. The zero-order valence-corrected chi connectivity index (χ0v) is 21.2. The number of carbonyl (C=O) groups excluding carboxylic acids is 1. The molecule has 7 heteroatoms. The second-order valence-electron chi connectivity index (χ2n) is 9.55. The Kier molecular flexibility index (Phi) is 9.02. The Morgan fingerprint density at radius 2 is 1.65 bits per heavy atom. The van der Waals surface area contributed by atoms with Crippen molar-refractivity contribution in [3.05, 3.63) is 70.2 Å². The van der Waals surface area contributed by atoms with Crippen molar-refractivity contribution in [1.82, 2.24) is 4.90 Å². The Balaban J connectivity index is 0.000000396. The minimum absolute atomic E-state index is 0.152. The molecule has 0 bridgehead atoms. The topological polar surface area (TPSA) is 77.8 Å². The summed E-state index contributed by atoms with van der Waals surface area (Å²) in [6, 6.07) is 16.5. The lowest BCUT2D eigenvalue weighted by atomic mass is 9.73. The summed E-state index contributed by atoms with van der Waals surface area (Å²) in [5.74, 6) is -0.832. The van der Waals surface area contributed by atoms with Gasteiger partial charge in [0.05, 0.1) is 30.0 Å². The second kappa shape index (κ2) is 11.6. The summed E-state index contributed by atoms with van der Waals surface area (Å²) in [6.45, 7) is 3.67. The molecule has 1 saturated heterocycles. The van der Waals surface area contributed by atoms with Crippen LogP contribution in [0.15, 0.2) is 54.6 Å². The first-order chi connectivity index (χ1) is 16.2. The van der Waals surface area contributed by atoms with Gasteiger partial charge in [0.1, 0.15) is 0 Å². The Labute approximate surface area is 211 Å². The number of carbonyl (C=O) groups is 2. The number of aliphatic hydroxyl groups excluding tert-OH is 1. The van der Waals surface area contributed by atoms with E-state index < -0.39 is 17.5 Å². The van der Waals surface area contributed by atoms with Crippen LogP contribution in [-0.4, -0.2) is 39.1 Å². The van der Waals surface area contributed by atoms with E-state index in [0.717, 1.165) is 23.4 Å². The number of hydrogen-bond donors (Lipinski definition) is 2. The van der Waals surface area contributed by atoms with Crippen LogP contribution in [0.5, 0.6) is 0 Å². The van der Waals surface area contributed by atoms with Crippen molar-refractivity contribution >= 4 is 35.1 Å². The highest BCUT2D eigenvalue weighted by Gasteiger charge is 2.52. The van der Waals surface area contributed by atoms with Crippen LogP contribution in [0.25, 0.3) is 0 Å². The highest BCUT2D eigenvalue weighted by atomic mass is 35.5. The number of aliphatic carboxylic acids is 1. The lowest BCUT2D eigenvalue weighted by molar-refractivity contribution is -0.162. The van der Waals surface area contributed by atoms with Gasteiger partial charge in [0.15, 0.2) is 0 Å². The molecule has 1 saturated carbocycles. The number of carboxylic acid groups (broad SMARTS) is 1. The Morgan fingerprint density at radius 3 is 2.12 bits per heavy atom. The maximum Gasteiger partial charge on any atom is 0.304 e. The van der Waals surface area contributed by atoms with Crippen LogP contribution in [0.3, 0.4) is 0 Å². The lowest BCUT2D eigenvalue weighted by Gasteiger charge is -2.49. The standard InChI is InChI=1S/C21H28ClNO4.C6H5Cl/c1-3-17(24)19(14-4-5-14)23-16(13-6-8-15(22)9-7-13)10-11-21(2,20(23)27)12-18(25)26;7-6-4-2-1-3-5-6/h6-9,14,16-17,19,24H,3-5,10-12H2,1-2H3,(H,25,26);1-5H/t16-,17?,19?,21+;/m0./s1.